The fourth-order valence-electron chi connectivity index (χ4n) is 1.25. The second kappa shape index (κ2) is 4.96. The standard InChI is InChI=1S/C12H15IO2/c1-4-12(2,3)11(14)9-7-5-6-8-10(9)15-13/h5-8H,4H2,1-3H3. The van der Waals surface area contributed by atoms with Crippen LogP contribution < -0.4 is 3.07 Å². The maximum atomic E-state index is 12.2. The fraction of sp³-hybridized carbons (Fsp3) is 0.417. The first kappa shape index (κ1) is 12.5. The highest BCUT2D eigenvalue weighted by molar-refractivity contribution is 14.1. The van der Waals surface area contributed by atoms with E-state index in [1.807, 2.05) is 45.0 Å². The Balaban J connectivity index is 3.11. The number of halogens is 1. The van der Waals surface area contributed by atoms with Gasteiger partial charge >= 0.3 is 0 Å². The van der Waals surface area contributed by atoms with E-state index < -0.39 is 0 Å². The van der Waals surface area contributed by atoms with Crippen LogP contribution in [-0.4, -0.2) is 5.78 Å². The van der Waals surface area contributed by atoms with Crippen molar-refractivity contribution in [1.82, 2.24) is 0 Å². The van der Waals surface area contributed by atoms with Gasteiger partial charge in [-0.1, -0.05) is 32.9 Å². The zero-order valence-corrected chi connectivity index (χ0v) is 11.4. The summed E-state index contributed by atoms with van der Waals surface area (Å²) in [6.45, 7) is 5.93. The van der Waals surface area contributed by atoms with Gasteiger partial charge in [0.2, 0.25) is 0 Å². The molecule has 82 valence electrons. The molecule has 0 N–H and O–H groups in total. The molecular weight excluding hydrogens is 303 g/mol. The molecule has 1 rings (SSSR count). The van der Waals surface area contributed by atoms with Gasteiger partial charge in [-0.2, -0.15) is 0 Å². The molecule has 0 spiro atoms. The minimum atomic E-state index is -0.328. The first-order chi connectivity index (χ1) is 7.03. The molecule has 0 heterocycles. The van der Waals surface area contributed by atoms with E-state index in [4.69, 9.17) is 3.07 Å². The quantitative estimate of drug-likeness (QED) is 0.619. The van der Waals surface area contributed by atoms with Crippen LogP contribution in [0.4, 0.5) is 0 Å². The second-order valence-electron chi connectivity index (χ2n) is 4.14. The van der Waals surface area contributed by atoms with Crippen molar-refractivity contribution < 1.29 is 7.86 Å². The lowest BCUT2D eigenvalue weighted by atomic mass is 9.82. The highest BCUT2D eigenvalue weighted by Gasteiger charge is 2.28. The Kier molecular flexibility index (Phi) is 4.13. The average Bonchev–Trinajstić information content (AvgIpc) is 2.28. The van der Waals surface area contributed by atoms with Crippen LogP contribution in [0, 0.1) is 5.41 Å². The molecule has 15 heavy (non-hydrogen) atoms. The minimum Gasteiger partial charge on any atom is -0.427 e. The molecule has 0 fully saturated rings. The summed E-state index contributed by atoms with van der Waals surface area (Å²) in [4.78, 5) is 12.2. The summed E-state index contributed by atoms with van der Waals surface area (Å²) in [7, 11) is 0. The summed E-state index contributed by atoms with van der Waals surface area (Å²) in [6, 6.07) is 7.35. The summed E-state index contributed by atoms with van der Waals surface area (Å²) < 4.78 is 5.16. The first-order valence-electron chi connectivity index (χ1n) is 4.95. The molecule has 0 aliphatic rings. The van der Waals surface area contributed by atoms with Crippen molar-refractivity contribution in [3.8, 4) is 5.75 Å². The summed E-state index contributed by atoms with van der Waals surface area (Å²) in [5.41, 5.74) is 0.337. The van der Waals surface area contributed by atoms with Gasteiger partial charge in [-0.3, -0.25) is 4.79 Å². The van der Waals surface area contributed by atoms with E-state index in [0.717, 1.165) is 6.42 Å². The topological polar surface area (TPSA) is 26.3 Å². The van der Waals surface area contributed by atoms with E-state index in [-0.39, 0.29) is 11.2 Å². The predicted molar refractivity (Wildman–Crippen MR) is 69.5 cm³/mol. The zero-order chi connectivity index (χ0) is 11.5. The summed E-state index contributed by atoms with van der Waals surface area (Å²) in [5, 5.41) is 0. The summed E-state index contributed by atoms with van der Waals surface area (Å²) in [6.07, 6.45) is 0.821. The van der Waals surface area contributed by atoms with Gasteiger partial charge in [-0.15, -0.1) is 0 Å². The first-order valence-corrected chi connectivity index (χ1v) is 5.83. The van der Waals surface area contributed by atoms with Crippen LogP contribution in [0.3, 0.4) is 0 Å². The maximum absolute atomic E-state index is 12.2. The molecule has 0 radical (unpaired) electrons. The van der Waals surface area contributed by atoms with Gasteiger partial charge < -0.3 is 3.07 Å². The lowest BCUT2D eigenvalue weighted by Crippen LogP contribution is -2.23. The number of benzene rings is 1. The molecule has 0 atom stereocenters. The molecule has 3 heteroatoms. The molecule has 1 aromatic carbocycles. The number of hydrogen-bond donors (Lipinski definition) is 0. The van der Waals surface area contributed by atoms with Crippen molar-refractivity contribution in [3.63, 3.8) is 0 Å². The van der Waals surface area contributed by atoms with Gasteiger partial charge in [0.15, 0.2) is 28.8 Å². The van der Waals surface area contributed by atoms with Crippen LogP contribution in [0.15, 0.2) is 24.3 Å². The van der Waals surface area contributed by atoms with E-state index in [9.17, 15) is 4.79 Å². The lowest BCUT2D eigenvalue weighted by molar-refractivity contribution is 0.0831. The van der Waals surface area contributed by atoms with Crippen molar-refractivity contribution >= 4 is 28.8 Å². The number of Topliss-reactive ketones (excluding diaryl/α,β-unsaturated/α-hetero) is 1. The number of carbonyl (C=O) groups is 1. The molecular formula is C12H15IO2. The SMILES string of the molecule is CCC(C)(C)C(=O)c1ccccc1OI. The highest BCUT2D eigenvalue weighted by atomic mass is 127. The van der Waals surface area contributed by atoms with Gasteiger partial charge in [0, 0.05) is 5.41 Å². The largest absolute Gasteiger partial charge is 0.427 e. The minimum absolute atomic E-state index is 0.136. The number of ketones is 1. The third kappa shape index (κ3) is 2.71. The molecule has 0 saturated carbocycles. The summed E-state index contributed by atoms with van der Waals surface area (Å²) in [5.74, 6) is 0.780. The van der Waals surface area contributed by atoms with E-state index in [1.165, 1.54) is 0 Å². The Hall–Kier alpha value is -0.580. The Morgan fingerprint density at radius 1 is 1.40 bits per heavy atom. The van der Waals surface area contributed by atoms with Gasteiger partial charge in [0.1, 0.15) is 5.75 Å². The third-order valence-corrected chi connectivity index (χ3v) is 3.19. The van der Waals surface area contributed by atoms with E-state index in [0.29, 0.717) is 11.3 Å². The zero-order valence-electron chi connectivity index (χ0n) is 9.21. The van der Waals surface area contributed by atoms with Crippen LogP contribution in [0.2, 0.25) is 0 Å². The molecule has 0 amide bonds. The Morgan fingerprint density at radius 2 is 2.00 bits per heavy atom. The van der Waals surface area contributed by atoms with Crippen LogP contribution >= 0.6 is 23.0 Å². The molecule has 0 aliphatic carbocycles. The van der Waals surface area contributed by atoms with Crippen molar-refractivity contribution in [1.29, 1.82) is 0 Å². The third-order valence-electron chi connectivity index (χ3n) is 2.71. The molecule has 0 aromatic heterocycles. The monoisotopic (exact) mass is 318 g/mol. The van der Waals surface area contributed by atoms with Gasteiger partial charge in [-0.05, 0) is 18.6 Å². The maximum Gasteiger partial charge on any atom is 0.192 e. The van der Waals surface area contributed by atoms with Crippen molar-refractivity contribution in [2.45, 2.75) is 27.2 Å². The number of para-hydroxylation sites is 1. The van der Waals surface area contributed by atoms with Crippen molar-refractivity contribution in [2.24, 2.45) is 5.41 Å². The van der Waals surface area contributed by atoms with Gasteiger partial charge in [0.05, 0.1) is 5.56 Å². The van der Waals surface area contributed by atoms with E-state index >= 15 is 0 Å². The van der Waals surface area contributed by atoms with Crippen molar-refractivity contribution in [2.75, 3.05) is 0 Å². The molecule has 1 aromatic rings. The molecule has 0 saturated heterocycles. The highest BCUT2D eigenvalue weighted by Crippen LogP contribution is 2.30. The van der Waals surface area contributed by atoms with Crippen LogP contribution in [0.1, 0.15) is 37.6 Å². The van der Waals surface area contributed by atoms with Gasteiger partial charge in [0.25, 0.3) is 0 Å². The second-order valence-corrected chi connectivity index (χ2v) is 4.58. The summed E-state index contributed by atoms with van der Waals surface area (Å²) >= 11 is 1.80. The van der Waals surface area contributed by atoms with Crippen LogP contribution in [-0.2, 0) is 0 Å². The van der Waals surface area contributed by atoms with Crippen LogP contribution in [0.25, 0.3) is 0 Å². The Morgan fingerprint density at radius 3 is 2.53 bits per heavy atom. The normalized spacial score (nSPS) is 11.2. The number of rotatable bonds is 4. The predicted octanol–water partition coefficient (Wildman–Crippen LogP) is 4.03. The van der Waals surface area contributed by atoms with Gasteiger partial charge in [-0.25, -0.2) is 0 Å². The Labute approximate surface area is 105 Å². The molecule has 2 nitrogen and oxygen atoms in total. The molecule has 0 bridgehead atoms. The molecule has 0 aliphatic heterocycles. The molecule has 0 unspecified atom stereocenters. The van der Waals surface area contributed by atoms with Crippen LogP contribution in [0.5, 0.6) is 5.75 Å². The number of hydrogen-bond acceptors (Lipinski definition) is 2. The Bertz CT molecular complexity index is 358. The van der Waals surface area contributed by atoms with Crippen molar-refractivity contribution in [3.05, 3.63) is 29.8 Å². The lowest BCUT2D eigenvalue weighted by Gasteiger charge is -2.21. The average molecular weight is 318 g/mol. The van der Waals surface area contributed by atoms with E-state index in [2.05, 4.69) is 0 Å². The fourth-order valence-corrected chi connectivity index (χ4v) is 1.63. The van der Waals surface area contributed by atoms with E-state index in [1.54, 1.807) is 23.0 Å². The number of carbonyl (C=O) groups excluding carboxylic acids is 1. The smallest absolute Gasteiger partial charge is 0.192 e.